The second kappa shape index (κ2) is 5.67. The average molecular weight is 344 g/mol. The minimum atomic E-state index is -0.530. The van der Waals surface area contributed by atoms with Crippen molar-refractivity contribution >= 4 is 39.1 Å². The molecule has 0 aliphatic heterocycles. The van der Waals surface area contributed by atoms with E-state index in [1.165, 1.54) is 12.3 Å². The van der Waals surface area contributed by atoms with E-state index in [1.807, 2.05) is 0 Å². The molecule has 0 radical (unpaired) electrons. The number of nitrogens with zero attached hydrogens (tertiary/aromatic N) is 1. The number of hydrogen-bond donors (Lipinski definition) is 1. The first kappa shape index (κ1) is 14.0. The van der Waals surface area contributed by atoms with Gasteiger partial charge in [0.25, 0.3) is 5.91 Å². The van der Waals surface area contributed by atoms with Gasteiger partial charge in [-0.05, 0) is 40.5 Å². The van der Waals surface area contributed by atoms with E-state index in [1.54, 1.807) is 25.1 Å². The van der Waals surface area contributed by atoms with Crippen LogP contribution in [-0.2, 0) is 0 Å². The number of pyridine rings is 1. The van der Waals surface area contributed by atoms with Crippen LogP contribution >= 0.6 is 27.5 Å². The third kappa shape index (κ3) is 3.11. The molecule has 0 saturated heterocycles. The van der Waals surface area contributed by atoms with E-state index in [4.69, 9.17) is 11.6 Å². The fourth-order valence-corrected chi connectivity index (χ4v) is 1.96. The van der Waals surface area contributed by atoms with Crippen molar-refractivity contribution in [3.8, 4) is 0 Å². The number of carbonyl (C=O) groups is 1. The van der Waals surface area contributed by atoms with Crippen LogP contribution in [0.5, 0.6) is 0 Å². The molecule has 19 heavy (non-hydrogen) atoms. The number of aromatic nitrogens is 1. The topological polar surface area (TPSA) is 42.0 Å². The van der Waals surface area contributed by atoms with Crippen molar-refractivity contribution in [3.05, 3.63) is 57.0 Å². The molecule has 0 aliphatic rings. The summed E-state index contributed by atoms with van der Waals surface area (Å²) in [5.41, 5.74) is 0.844. The number of halogens is 3. The van der Waals surface area contributed by atoms with E-state index >= 15 is 0 Å². The number of nitrogens with one attached hydrogen (secondary N) is 1. The van der Waals surface area contributed by atoms with Gasteiger partial charge in [-0.15, -0.1) is 0 Å². The SMILES string of the molecule is Cc1cccc(C(=O)Nc2cnc(Cl)c(Br)c2)c1F. The summed E-state index contributed by atoms with van der Waals surface area (Å²) >= 11 is 8.95. The normalized spacial score (nSPS) is 10.3. The van der Waals surface area contributed by atoms with E-state index in [0.29, 0.717) is 20.9 Å². The smallest absolute Gasteiger partial charge is 0.258 e. The van der Waals surface area contributed by atoms with E-state index in [0.717, 1.165) is 0 Å². The zero-order chi connectivity index (χ0) is 14.0. The molecule has 6 heteroatoms. The first-order valence-corrected chi connectivity index (χ1v) is 6.53. The minimum Gasteiger partial charge on any atom is -0.320 e. The highest BCUT2D eigenvalue weighted by Gasteiger charge is 2.13. The van der Waals surface area contributed by atoms with Crippen molar-refractivity contribution in [3.63, 3.8) is 0 Å². The number of hydrogen-bond acceptors (Lipinski definition) is 2. The lowest BCUT2D eigenvalue weighted by molar-refractivity contribution is 0.102. The molecule has 1 N–H and O–H groups in total. The first-order valence-electron chi connectivity index (χ1n) is 5.36. The van der Waals surface area contributed by atoms with Gasteiger partial charge in [0.2, 0.25) is 0 Å². The quantitative estimate of drug-likeness (QED) is 0.831. The van der Waals surface area contributed by atoms with Crippen LogP contribution in [0.4, 0.5) is 10.1 Å². The number of carbonyl (C=O) groups excluding carboxylic acids is 1. The highest BCUT2D eigenvalue weighted by molar-refractivity contribution is 9.10. The zero-order valence-corrected chi connectivity index (χ0v) is 12.2. The number of amides is 1. The Hall–Kier alpha value is -1.46. The summed E-state index contributed by atoms with van der Waals surface area (Å²) in [5, 5.41) is 2.86. The molecule has 0 bridgehead atoms. The van der Waals surface area contributed by atoms with Gasteiger partial charge in [0.1, 0.15) is 11.0 Å². The van der Waals surface area contributed by atoms with Crippen LogP contribution in [0.15, 0.2) is 34.9 Å². The Morgan fingerprint density at radius 2 is 2.21 bits per heavy atom. The molecule has 0 spiro atoms. The molecule has 98 valence electrons. The molecule has 1 aromatic heterocycles. The Kier molecular flexibility index (Phi) is 4.17. The van der Waals surface area contributed by atoms with Crippen molar-refractivity contribution in [2.45, 2.75) is 6.92 Å². The molecular weight excluding hydrogens is 335 g/mol. The van der Waals surface area contributed by atoms with Gasteiger partial charge in [-0.2, -0.15) is 0 Å². The van der Waals surface area contributed by atoms with Gasteiger partial charge < -0.3 is 5.32 Å². The van der Waals surface area contributed by atoms with Crippen molar-refractivity contribution in [2.75, 3.05) is 5.32 Å². The molecule has 2 rings (SSSR count). The third-order valence-electron chi connectivity index (χ3n) is 2.49. The molecule has 0 aliphatic carbocycles. The van der Waals surface area contributed by atoms with Gasteiger partial charge in [-0.3, -0.25) is 4.79 Å². The predicted octanol–water partition coefficient (Wildman–Crippen LogP) is 4.20. The summed E-state index contributed by atoms with van der Waals surface area (Å²) in [6.07, 6.45) is 1.40. The van der Waals surface area contributed by atoms with Crippen LogP contribution in [0.1, 0.15) is 15.9 Å². The van der Waals surface area contributed by atoms with Gasteiger partial charge in [-0.25, -0.2) is 9.37 Å². The van der Waals surface area contributed by atoms with Crippen molar-refractivity contribution < 1.29 is 9.18 Å². The fraction of sp³-hybridized carbons (Fsp3) is 0.0769. The molecule has 2 aromatic rings. The highest BCUT2D eigenvalue weighted by atomic mass is 79.9. The average Bonchev–Trinajstić information content (AvgIpc) is 2.37. The van der Waals surface area contributed by atoms with Gasteiger partial charge in [0.05, 0.1) is 21.9 Å². The number of rotatable bonds is 2. The number of aryl methyl sites for hydroxylation is 1. The Morgan fingerprint density at radius 1 is 1.47 bits per heavy atom. The van der Waals surface area contributed by atoms with Gasteiger partial charge >= 0.3 is 0 Å². The molecule has 1 heterocycles. The lowest BCUT2D eigenvalue weighted by Crippen LogP contribution is -2.14. The second-order valence-corrected chi connectivity index (χ2v) is 5.10. The van der Waals surface area contributed by atoms with Crippen LogP contribution < -0.4 is 5.32 Å². The van der Waals surface area contributed by atoms with Crippen molar-refractivity contribution in [2.24, 2.45) is 0 Å². The van der Waals surface area contributed by atoms with E-state index < -0.39 is 11.7 Å². The van der Waals surface area contributed by atoms with Gasteiger partial charge in [0, 0.05) is 0 Å². The van der Waals surface area contributed by atoms with E-state index in [9.17, 15) is 9.18 Å². The lowest BCUT2D eigenvalue weighted by atomic mass is 10.1. The standard InChI is InChI=1S/C13H9BrClFN2O/c1-7-3-2-4-9(11(7)16)13(19)18-8-5-10(14)12(15)17-6-8/h2-6H,1H3,(H,18,19). The highest BCUT2D eigenvalue weighted by Crippen LogP contribution is 2.23. The van der Waals surface area contributed by atoms with Gasteiger partial charge in [-0.1, -0.05) is 23.7 Å². The maximum Gasteiger partial charge on any atom is 0.258 e. The molecule has 0 atom stereocenters. The summed E-state index contributed by atoms with van der Waals surface area (Å²) in [7, 11) is 0. The Bertz CT molecular complexity index is 649. The molecule has 0 fully saturated rings. The Balaban J connectivity index is 2.26. The predicted molar refractivity (Wildman–Crippen MR) is 76.0 cm³/mol. The summed E-state index contributed by atoms with van der Waals surface area (Å²) in [6, 6.07) is 6.26. The van der Waals surface area contributed by atoms with Crippen molar-refractivity contribution in [1.82, 2.24) is 4.98 Å². The summed E-state index contributed by atoms with van der Waals surface area (Å²) in [5.74, 6) is -1.06. The molecule has 1 amide bonds. The molecule has 3 nitrogen and oxygen atoms in total. The van der Waals surface area contributed by atoms with Crippen LogP contribution in [0.3, 0.4) is 0 Å². The van der Waals surface area contributed by atoms with Crippen LogP contribution in [-0.4, -0.2) is 10.9 Å². The zero-order valence-electron chi connectivity index (χ0n) is 9.88. The number of anilines is 1. The first-order chi connectivity index (χ1) is 8.99. The maximum absolute atomic E-state index is 13.8. The number of benzene rings is 1. The van der Waals surface area contributed by atoms with Crippen LogP contribution in [0.2, 0.25) is 5.15 Å². The maximum atomic E-state index is 13.8. The Morgan fingerprint density at radius 3 is 2.89 bits per heavy atom. The fourth-order valence-electron chi connectivity index (χ4n) is 1.51. The van der Waals surface area contributed by atoms with Crippen molar-refractivity contribution in [1.29, 1.82) is 0 Å². The Labute approximate surface area is 122 Å². The molecular formula is C13H9BrClFN2O. The van der Waals surface area contributed by atoms with Crippen LogP contribution in [0, 0.1) is 12.7 Å². The molecule has 1 aromatic carbocycles. The summed E-state index contributed by atoms with van der Waals surface area (Å²) in [4.78, 5) is 15.8. The van der Waals surface area contributed by atoms with E-state index in [2.05, 4.69) is 26.2 Å². The molecule has 0 unspecified atom stereocenters. The third-order valence-corrected chi connectivity index (χ3v) is 3.62. The monoisotopic (exact) mass is 342 g/mol. The van der Waals surface area contributed by atoms with Crippen LogP contribution in [0.25, 0.3) is 0 Å². The molecule has 0 saturated carbocycles. The van der Waals surface area contributed by atoms with Gasteiger partial charge in [0.15, 0.2) is 0 Å². The lowest BCUT2D eigenvalue weighted by Gasteiger charge is -2.07. The second-order valence-electron chi connectivity index (χ2n) is 3.89. The largest absolute Gasteiger partial charge is 0.320 e. The summed E-state index contributed by atoms with van der Waals surface area (Å²) < 4.78 is 14.3. The van der Waals surface area contributed by atoms with E-state index in [-0.39, 0.29) is 5.56 Å². The minimum absolute atomic E-state index is 0.00827. The summed E-state index contributed by atoms with van der Waals surface area (Å²) in [6.45, 7) is 1.60.